The van der Waals surface area contributed by atoms with Crippen LogP contribution in [0.5, 0.6) is 0 Å². The van der Waals surface area contributed by atoms with E-state index in [0.29, 0.717) is 0 Å². The summed E-state index contributed by atoms with van der Waals surface area (Å²) in [5.41, 5.74) is 10.9. The Morgan fingerprint density at radius 1 is 1.29 bits per heavy atom. The zero-order valence-corrected chi connectivity index (χ0v) is 10.2. The zero-order valence-electron chi connectivity index (χ0n) is 8.73. The number of rotatable bonds is 4. The number of hydrogen-bond acceptors (Lipinski definition) is 4. The summed E-state index contributed by atoms with van der Waals surface area (Å²) < 4.78 is 0. The summed E-state index contributed by atoms with van der Waals surface area (Å²) in [7, 11) is 0. The molecular weight excluding hydrogens is 267 g/mol. The van der Waals surface area contributed by atoms with Crippen LogP contribution in [-0.4, -0.2) is 22.2 Å². The number of primary amides is 1. The lowest BCUT2D eigenvalue weighted by molar-refractivity contribution is -0.121. The fourth-order valence-corrected chi connectivity index (χ4v) is 1.79. The van der Waals surface area contributed by atoms with Crippen LogP contribution >= 0.6 is 23.2 Å². The predicted octanol–water partition coefficient (Wildman–Crippen LogP) is 0.845. The van der Waals surface area contributed by atoms with Crippen molar-refractivity contribution in [2.75, 3.05) is 5.73 Å². The van der Waals surface area contributed by atoms with Gasteiger partial charge in [-0.3, -0.25) is 4.79 Å². The Morgan fingerprint density at radius 3 is 2.41 bits per heavy atom. The average Bonchev–Trinajstić information content (AvgIpc) is 2.21. The maximum absolute atomic E-state index is 10.6. The summed E-state index contributed by atoms with van der Waals surface area (Å²) in [5.74, 6) is -0.728. The highest BCUT2D eigenvalue weighted by atomic mass is 35.5. The van der Waals surface area contributed by atoms with Gasteiger partial charge in [0.15, 0.2) is 0 Å². The van der Waals surface area contributed by atoms with E-state index < -0.39 is 18.1 Å². The number of aliphatic hydroxyl groups excluding tert-OH is 2. The first-order valence-corrected chi connectivity index (χ1v) is 5.47. The minimum Gasteiger partial charge on any atom is -0.397 e. The van der Waals surface area contributed by atoms with Gasteiger partial charge in [0.2, 0.25) is 5.91 Å². The van der Waals surface area contributed by atoms with E-state index in [0.717, 1.165) is 0 Å². The molecule has 0 aliphatic heterocycles. The molecular formula is C10H12Cl2N2O3. The topological polar surface area (TPSA) is 110 Å². The third-order valence-electron chi connectivity index (χ3n) is 2.21. The molecule has 0 bridgehead atoms. The first-order valence-electron chi connectivity index (χ1n) is 4.71. The molecule has 6 N–H and O–H groups in total. The van der Waals surface area contributed by atoms with Crippen LogP contribution in [0.3, 0.4) is 0 Å². The Morgan fingerprint density at radius 2 is 1.88 bits per heavy atom. The van der Waals surface area contributed by atoms with Crippen LogP contribution < -0.4 is 11.5 Å². The number of anilines is 1. The van der Waals surface area contributed by atoms with E-state index in [4.69, 9.17) is 34.7 Å². The highest BCUT2D eigenvalue weighted by Crippen LogP contribution is 2.32. The normalized spacial score (nSPS) is 14.4. The summed E-state index contributed by atoms with van der Waals surface area (Å²) in [6, 6.07) is 2.70. The van der Waals surface area contributed by atoms with Gasteiger partial charge in [-0.05, 0) is 12.1 Å². The van der Waals surface area contributed by atoms with E-state index >= 15 is 0 Å². The molecule has 0 fully saturated rings. The highest BCUT2D eigenvalue weighted by Gasteiger charge is 2.23. The Labute approximate surface area is 108 Å². The molecule has 0 aliphatic rings. The standard InChI is InChI=1S/C10H12Cl2N2O3/c11-5-2-7(13)6(12)1-4(5)10(17)8(15)3-9(14)16/h1-2,8,10,15,17H,3,13H2,(H2,14,16). The average molecular weight is 279 g/mol. The second kappa shape index (κ2) is 5.55. The molecule has 0 spiro atoms. The van der Waals surface area contributed by atoms with Crippen molar-refractivity contribution in [3.8, 4) is 0 Å². The minimum absolute atomic E-state index is 0.155. The van der Waals surface area contributed by atoms with Crippen LogP contribution in [0.15, 0.2) is 12.1 Å². The summed E-state index contributed by atoms with van der Waals surface area (Å²) in [6.45, 7) is 0. The van der Waals surface area contributed by atoms with E-state index in [1.807, 2.05) is 0 Å². The number of benzene rings is 1. The second-order valence-corrected chi connectivity index (χ2v) is 4.39. The molecule has 2 unspecified atom stereocenters. The van der Waals surface area contributed by atoms with E-state index in [1.54, 1.807) is 0 Å². The lowest BCUT2D eigenvalue weighted by atomic mass is 10.0. The SMILES string of the molecule is NC(=O)CC(O)C(O)c1cc(Cl)c(N)cc1Cl. The van der Waals surface area contributed by atoms with Gasteiger partial charge in [0.1, 0.15) is 6.10 Å². The van der Waals surface area contributed by atoms with Gasteiger partial charge in [-0.1, -0.05) is 23.2 Å². The van der Waals surface area contributed by atoms with Crippen LogP contribution in [0.4, 0.5) is 5.69 Å². The molecule has 0 radical (unpaired) electrons. The molecule has 0 saturated carbocycles. The van der Waals surface area contributed by atoms with Crippen LogP contribution in [0, 0.1) is 0 Å². The molecule has 94 valence electrons. The van der Waals surface area contributed by atoms with Gasteiger partial charge in [0.25, 0.3) is 0 Å². The largest absolute Gasteiger partial charge is 0.397 e. The molecule has 1 aromatic rings. The first-order chi connectivity index (χ1) is 7.82. The number of halogens is 2. The predicted molar refractivity (Wildman–Crippen MR) is 65.7 cm³/mol. The number of aliphatic hydroxyl groups is 2. The molecule has 5 nitrogen and oxygen atoms in total. The Bertz CT molecular complexity index is 440. The summed E-state index contributed by atoms with van der Waals surface area (Å²) in [4.78, 5) is 10.6. The van der Waals surface area contributed by atoms with Gasteiger partial charge in [0, 0.05) is 10.6 Å². The van der Waals surface area contributed by atoms with Crippen LogP contribution in [0.25, 0.3) is 0 Å². The molecule has 2 atom stereocenters. The first kappa shape index (κ1) is 14.1. The minimum atomic E-state index is -1.35. The smallest absolute Gasteiger partial charge is 0.220 e. The maximum atomic E-state index is 10.6. The molecule has 17 heavy (non-hydrogen) atoms. The van der Waals surface area contributed by atoms with Crippen molar-refractivity contribution in [3.63, 3.8) is 0 Å². The van der Waals surface area contributed by atoms with Crippen molar-refractivity contribution < 1.29 is 15.0 Å². The quantitative estimate of drug-likeness (QED) is 0.612. The lowest BCUT2D eigenvalue weighted by Gasteiger charge is -2.18. The van der Waals surface area contributed by atoms with Gasteiger partial charge in [-0.25, -0.2) is 0 Å². The van der Waals surface area contributed by atoms with Crippen molar-refractivity contribution in [1.82, 2.24) is 0 Å². The van der Waals surface area contributed by atoms with Crippen LogP contribution in [0.1, 0.15) is 18.1 Å². The maximum Gasteiger partial charge on any atom is 0.220 e. The number of amides is 1. The molecule has 1 rings (SSSR count). The van der Waals surface area contributed by atoms with E-state index in [9.17, 15) is 15.0 Å². The number of carbonyl (C=O) groups is 1. The Hall–Kier alpha value is -1.01. The monoisotopic (exact) mass is 278 g/mol. The lowest BCUT2D eigenvalue weighted by Crippen LogP contribution is -2.25. The van der Waals surface area contributed by atoms with Crippen LogP contribution in [-0.2, 0) is 4.79 Å². The van der Waals surface area contributed by atoms with Gasteiger partial charge in [-0.2, -0.15) is 0 Å². The zero-order chi connectivity index (χ0) is 13.2. The molecule has 1 aromatic carbocycles. The fraction of sp³-hybridized carbons (Fsp3) is 0.300. The van der Waals surface area contributed by atoms with E-state index in [2.05, 4.69) is 0 Å². The van der Waals surface area contributed by atoms with Crippen molar-refractivity contribution in [3.05, 3.63) is 27.7 Å². The van der Waals surface area contributed by atoms with Crippen molar-refractivity contribution in [2.45, 2.75) is 18.6 Å². The van der Waals surface area contributed by atoms with Crippen molar-refractivity contribution >= 4 is 34.8 Å². The van der Waals surface area contributed by atoms with Gasteiger partial charge >= 0.3 is 0 Å². The number of carbonyl (C=O) groups excluding carboxylic acids is 1. The van der Waals surface area contributed by atoms with Gasteiger partial charge in [-0.15, -0.1) is 0 Å². The van der Waals surface area contributed by atoms with Crippen molar-refractivity contribution in [2.24, 2.45) is 5.73 Å². The second-order valence-electron chi connectivity index (χ2n) is 3.58. The third kappa shape index (κ3) is 3.47. The number of nitrogens with two attached hydrogens (primary N) is 2. The summed E-state index contributed by atoms with van der Waals surface area (Å²) in [5, 5.41) is 19.7. The van der Waals surface area contributed by atoms with E-state index in [-0.39, 0.29) is 27.7 Å². The molecule has 0 aliphatic carbocycles. The summed E-state index contributed by atoms with van der Waals surface area (Å²) >= 11 is 11.6. The molecule has 0 aromatic heterocycles. The Balaban J connectivity index is 2.99. The third-order valence-corrected chi connectivity index (χ3v) is 2.86. The molecule has 1 amide bonds. The van der Waals surface area contributed by atoms with Crippen LogP contribution in [0.2, 0.25) is 10.0 Å². The number of nitrogen functional groups attached to an aromatic ring is 1. The van der Waals surface area contributed by atoms with Gasteiger partial charge in [0.05, 0.1) is 23.2 Å². The molecule has 7 heteroatoms. The molecule has 0 heterocycles. The highest BCUT2D eigenvalue weighted by molar-refractivity contribution is 6.35. The van der Waals surface area contributed by atoms with E-state index in [1.165, 1.54) is 12.1 Å². The van der Waals surface area contributed by atoms with Crippen molar-refractivity contribution in [1.29, 1.82) is 0 Å². The fourth-order valence-electron chi connectivity index (χ4n) is 1.33. The molecule has 0 saturated heterocycles. The Kier molecular flexibility index (Phi) is 4.59. The number of hydrogen-bond donors (Lipinski definition) is 4. The summed E-state index contributed by atoms with van der Waals surface area (Å²) in [6.07, 6.45) is -3.07. The van der Waals surface area contributed by atoms with Gasteiger partial charge < -0.3 is 21.7 Å².